The summed E-state index contributed by atoms with van der Waals surface area (Å²) in [5.41, 5.74) is 10.2. The minimum Gasteiger partial charge on any atom is 1.00 e. The number of ketones is 1. The smallest absolute Gasteiger partial charge is 1.00 e. The van der Waals surface area contributed by atoms with E-state index in [9.17, 15) is 37.5 Å². The Morgan fingerprint density at radius 2 is 0.675 bits per heavy atom. The Hall–Kier alpha value is -11.7. The van der Waals surface area contributed by atoms with Crippen LogP contribution < -0.4 is 103 Å². The fourth-order valence-corrected chi connectivity index (χ4v) is 19.6. The van der Waals surface area contributed by atoms with Crippen molar-refractivity contribution in [1.82, 2.24) is 42.4 Å². The van der Waals surface area contributed by atoms with E-state index in [1.165, 1.54) is 70.1 Å². The normalized spacial score (nSPS) is 12.0. The van der Waals surface area contributed by atoms with Crippen molar-refractivity contribution in [3.05, 3.63) is 440 Å². The molecule has 123 heavy (non-hydrogen) atoms. The molecule has 0 fully saturated rings. The number of hydrogen-bond acceptors (Lipinski definition) is 11. The Labute approximate surface area is 765 Å². The van der Waals surface area contributed by atoms with Gasteiger partial charge in [0, 0.05) is 53.9 Å². The van der Waals surface area contributed by atoms with E-state index in [0.717, 1.165) is 62.0 Å². The molecule has 15 rings (SSSR count). The quantitative estimate of drug-likeness (QED) is 0.0378. The number of rotatable bonds is 21. The second-order valence-electron chi connectivity index (χ2n) is 30.3. The molecular formula is C100H97BrF3KN9O8P. The number of aromatic nitrogens is 9. The molecule has 0 amide bonds. The molecule has 3 unspecified atom stereocenters. The molecule has 0 radical (unpaired) electrons. The summed E-state index contributed by atoms with van der Waals surface area (Å²) in [6.45, 7) is 27.0. The third kappa shape index (κ3) is 22.4. The van der Waals surface area contributed by atoms with Crippen molar-refractivity contribution in [3.63, 3.8) is 0 Å². The van der Waals surface area contributed by atoms with Gasteiger partial charge in [-0.3, -0.25) is 19.2 Å². The number of benzene rings is 9. The number of carbonyl (C=O) groups is 1. The molecule has 0 saturated heterocycles. The predicted molar refractivity (Wildman–Crippen MR) is 487 cm³/mol. The van der Waals surface area contributed by atoms with Gasteiger partial charge in [-0.05, 0) is 196 Å². The van der Waals surface area contributed by atoms with Crippen molar-refractivity contribution in [2.24, 2.45) is 0 Å². The summed E-state index contributed by atoms with van der Waals surface area (Å²) in [4.78, 5) is 65.7. The van der Waals surface area contributed by atoms with Gasteiger partial charge in [0.15, 0.2) is 5.78 Å². The molecule has 0 spiro atoms. The molecule has 0 bridgehead atoms. The standard InChI is InChI=1S/2C26H24FN3O2.C25H22FN3O3.C19H18BrP.C4H9O.K/c2*1-17-15-29(16-28-17)24-12-9-21(14-25(24)32-4)18(2)23-6-5-13-30(26(23)31)19(3)20-7-10-22(27)11-8-20;1-16-14-28(15-27-16)22-11-8-19(13-23(22)32-3)24(30)21-5-4-12-29(25(21)31)17(2)18-6-9-20(26)10-7-18;1-21(20,17-11-5-2-6-12-17,18-13-7-3-8-14-18)19-15-9-4-10-16-19;1-4(2,3)5;/h2*5-16,19H,2H2,1,3-4H3;4-15,17H,1-3H3;2-16H,1H3;1-3H3;/q;;;;-1;+1. The Balaban J connectivity index is 0.000000170. The molecule has 0 aliphatic heterocycles. The molecule has 23 heteroatoms. The van der Waals surface area contributed by atoms with Crippen LogP contribution in [0.1, 0.15) is 132 Å². The third-order valence-corrected chi connectivity index (χ3v) is 29.0. The molecule has 6 heterocycles. The molecule has 9 aromatic carbocycles. The summed E-state index contributed by atoms with van der Waals surface area (Å²) in [5, 5.41) is 11.6. The molecule has 6 aromatic heterocycles. The zero-order chi connectivity index (χ0) is 87.8. The van der Waals surface area contributed by atoms with Gasteiger partial charge in [0.2, 0.25) is 0 Å². The van der Waals surface area contributed by atoms with Crippen LogP contribution in [0.2, 0.25) is 0 Å². The first-order valence-corrected chi connectivity index (χ1v) is 44.0. The first-order valence-electron chi connectivity index (χ1n) is 39.3. The summed E-state index contributed by atoms with van der Waals surface area (Å²) in [5.74, 6) is 0.429. The number of aryl methyl sites for hydroxylation is 3. The van der Waals surface area contributed by atoms with Gasteiger partial charge in [0.25, 0.3) is 16.7 Å². The van der Waals surface area contributed by atoms with Gasteiger partial charge in [-0.15, -0.1) is 5.60 Å². The van der Waals surface area contributed by atoms with Crippen molar-refractivity contribution in [1.29, 1.82) is 0 Å². The zero-order valence-corrected chi connectivity index (χ0v) is 76.9. The predicted octanol–water partition coefficient (Wildman–Crippen LogP) is 16.3. The molecule has 0 aliphatic carbocycles. The largest absolute Gasteiger partial charge is 1.00 e. The minimum atomic E-state index is -2.56. The van der Waals surface area contributed by atoms with E-state index in [4.69, 9.17) is 14.2 Å². The SMILES string of the molecule is C=C(c1ccc(-n2cnc(C)c2)c(OC)c1)c1cccn(C(C)c2ccc(F)cc2)c1=O.C=C(c1ccc(-n2cnc(C)c2)c(OC)c1)c1cccn(C(C)c2ccc(F)cc2)c1=O.CC(C)(C)[O-].COc1cc(C(=O)c2cccn(C(C)c3ccc(F)cc3)c2=O)ccc1-n1cnc(C)c1.CP(Br)(c1ccccc1)(c1ccccc1)c1ccccc1.[K+]. The maximum Gasteiger partial charge on any atom is 1.00 e. The van der Waals surface area contributed by atoms with Crippen LogP contribution in [0.5, 0.6) is 17.2 Å². The Kier molecular flexibility index (Phi) is 31.5. The number of carbonyl (C=O) groups excluding carboxylic acids is 1. The molecular weight excluding hydrogens is 1660 g/mol. The van der Waals surface area contributed by atoms with Crippen molar-refractivity contribution in [3.8, 4) is 34.3 Å². The summed E-state index contributed by atoms with van der Waals surface area (Å²) >= 11 is 4.24. The number of methoxy groups -OCH3 is 3. The molecule has 15 aromatic rings. The molecule has 3 atom stereocenters. The molecule has 0 N–H and O–H groups in total. The second kappa shape index (κ2) is 41.5. The maximum atomic E-state index is 13.3. The second-order valence-corrected chi connectivity index (χ2v) is 40.1. The summed E-state index contributed by atoms with van der Waals surface area (Å²) in [6, 6.07) is 76.5. The Bertz CT molecular complexity index is 5760. The van der Waals surface area contributed by atoms with E-state index in [2.05, 4.69) is 141 Å². The first-order chi connectivity index (χ1) is 58.3. The van der Waals surface area contributed by atoms with Crippen LogP contribution in [0.15, 0.2) is 338 Å². The van der Waals surface area contributed by atoms with Crippen LogP contribution in [0.25, 0.3) is 28.2 Å². The molecule has 0 aliphatic rings. The number of pyridine rings is 3. The van der Waals surface area contributed by atoms with Crippen molar-refractivity contribution < 1.29 is 88.7 Å². The molecule has 0 saturated carbocycles. The maximum absolute atomic E-state index is 13.3. The van der Waals surface area contributed by atoms with Crippen molar-refractivity contribution >= 4 is 53.6 Å². The van der Waals surface area contributed by atoms with Gasteiger partial charge >= 0.3 is 186 Å². The van der Waals surface area contributed by atoms with Crippen LogP contribution in [-0.4, -0.2) is 81.7 Å². The van der Waals surface area contributed by atoms with Crippen LogP contribution >= 0.6 is 20.8 Å². The number of imidazole rings is 3. The van der Waals surface area contributed by atoms with Crippen molar-refractivity contribution in [2.75, 3.05) is 28.0 Å². The number of halogens is 4. The van der Waals surface area contributed by atoms with Gasteiger partial charge in [-0.1, -0.05) is 82.5 Å². The van der Waals surface area contributed by atoms with Gasteiger partial charge < -0.3 is 46.7 Å². The topological polar surface area (TPSA) is 187 Å². The monoisotopic (exact) mass is 1760 g/mol. The van der Waals surface area contributed by atoms with Crippen LogP contribution in [0.4, 0.5) is 13.2 Å². The molecule has 624 valence electrons. The third-order valence-electron chi connectivity index (χ3n) is 20.7. The van der Waals surface area contributed by atoms with E-state index in [1.807, 2.05) is 122 Å². The van der Waals surface area contributed by atoms with E-state index in [0.29, 0.717) is 45.1 Å². The van der Waals surface area contributed by atoms with Gasteiger partial charge in [0.05, 0.1) is 98.1 Å². The Morgan fingerprint density at radius 1 is 0.415 bits per heavy atom. The fourth-order valence-electron chi connectivity index (χ4n) is 13.9. The van der Waals surface area contributed by atoms with Gasteiger partial charge in [-0.2, -0.15) is 0 Å². The van der Waals surface area contributed by atoms with E-state index in [-0.39, 0.29) is 104 Å². The summed E-state index contributed by atoms with van der Waals surface area (Å²) < 4.78 is 66.8. The number of ether oxygens (including phenoxy) is 3. The van der Waals surface area contributed by atoms with E-state index in [1.54, 1.807) is 154 Å². The van der Waals surface area contributed by atoms with Crippen molar-refractivity contribution in [2.45, 2.75) is 86.0 Å². The zero-order valence-electron chi connectivity index (χ0n) is 71.3. The van der Waals surface area contributed by atoms with E-state index < -0.39 is 22.2 Å². The van der Waals surface area contributed by atoms with Crippen LogP contribution in [0, 0.1) is 38.2 Å². The molecule has 17 nitrogen and oxygen atoms in total. The van der Waals surface area contributed by atoms with Gasteiger partial charge in [0.1, 0.15) is 34.7 Å². The number of hydrogen-bond donors (Lipinski definition) is 0. The average molecular weight is 1760 g/mol. The van der Waals surface area contributed by atoms with E-state index >= 15 is 0 Å². The van der Waals surface area contributed by atoms with Crippen LogP contribution in [0.3, 0.4) is 0 Å². The minimum absolute atomic E-state index is 0. The Morgan fingerprint density at radius 3 is 0.943 bits per heavy atom. The first kappa shape index (κ1) is 93.6. The van der Waals surface area contributed by atoms with Gasteiger partial charge in [-0.25, -0.2) is 28.1 Å². The van der Waals surface area contributed by atoms with Crippen LogP contribution in [-0.2, 0) is 0 Å². The summed E-state index contributed by atoms with van der Waals surface area (Å²) in [6.07, 6.45) is 15.9. The number of nitrogens with zero attached hydrogens (tertiary/aromatic N) is 9. The average Bonchev–Trinajstić information content (AvgIpc) is 1.51. The fraction of sp³-hybridized carbons (Fsp3) is 0.170. The summed E-state index contributed by atoms with van der Waals surface area (Å²) in [7, 11) is 4.74.